The van der Waals surface area contributed by atoms with Crippen LogP contribution in [0.1, 0.15) is 41.5 Å². The van der Waals surface area contributed by atoms with Crippen LogP contribution in [0.2, 0.25) is 0 Å². The molecule has 4 heterocycles. The second kappa shape index (κ2) is 8.47. The lowest BCUT2D eigenvalue weighted by Gasteiger charge is -2.43. The average molecular weight is 421 g/mol. The SMILES string of the molecule is CNC(=O)c1ccc(N2CCN([C@H](C)c3cnc4cc(C)c(=O)[nH]c4c3)C[C@H]2C)cn1. The minimum Gasteiger partial charge on any atom is -0.365 e. The number of hydrogen-bond acceptors (Lipinski definition) is 6. The number of piperazine rings is 1. The van der Waals surface area contributed by atoms with Gasteiger partial charge in [-0.1, -0.05) is 0 Å². The highest BCUT2D eigenvalue weighted by Gasteiger charge is 2.28. The molecule has 2 atom stereocenters. The van der Waals surface area contributed by atoms with Crippen LogP contribution >= 0.6 is 0 Å². The van der Waals surface area contributed by atoms with Gasteiger partial charge in [0.05, 0.1) is 22.9 Å². The van der Waals surface area contributed by atoms with Crippen LogP contribution < -0.4 is 15.8 Å². The number of pyridine rings is 3. The topological polar surface area (TPSA) is 94.2 Å². The predicted molar refractivity (Wildman–Crippen MR) is 122 cm³/mol. The molecule has 1 saturated heterocycles. The molecule has 2 N–H and O–H groups in total. The molecule has 31 heavy (non-hydrogen) atoms. The van der Waals surface area contributed by atoms with Gasteiger partial charge in [0, 0.05) is 50.5 Å². The number of hydrogen-bond donors (Lipinski definition) is 2. The normalized spacial score (nSPS) is 18.2. The molecule has 1 amide bonds. The molecule has 4 rings (SSSR count). The van der Waals surface area contributed by atoms with E-state index in [4.69, 9.17) is 0 Å². The molecule has 8 heteroatoms. The highest BCUT2D eigenvalue weighted by molar-refractivity contribution is 5.92. The molecule has 0 radical (unpaired) electrons. The number of amides is 1. The number of H-pyrrole nitrogens is 1. The van der Waals surface area contributed by atoms with Crippen LogP contribution in [0.15, 0.2) is 41.5 Å². The van der Waals surface area contributed by atoms with Gasteiger partial charge in [0.25, 0.3) is 11.5 Å². The summed E-state index contributed by atoms with van der Waals surface area (Å²) in [7, 11) is 1.60. The summed E-state index contributed by atoms with van der Waals surface area (Å²) in [5.74, 6) is -0.182. The van der Waals surface area contributed by atoms with Crippen molar-refractivity contribution in [3.8, 4) is 0 Å². The highest BCUT2D eigenvalue weighted by atomic mass is 16.1. The van der Waals surface area contributed by atoms with Gasteiger partial charge in [-0.05, 0) is 50.6 Å². The first-order chi connectivity index (χ1) is 14.9. The highest BCUT2D eigenvalue weighted by Crippen LogP contribution is 2.27. The second-order valence-electron chi connectivity index (χ2n) is 8.18. The summed E-state index contributed by atoms with van der Waals surface area (Å²) in [6, 6.07) is 8.05. The zero-order valence-electron chi connectivity index (χ0n) is 18.3. The number of carbonyl (C=O) groups is 1. The third kappa shape index (κ3) is 4.16. The lowest BCUT2D eigenvalue weighted by Crippen LogP contribution is -2.52. The minimum absolute atomic E-state index is 0.0719. The fraction of sp³-hybridized carbons (Fsp3) is 0.391. The summed E-state index contributed by atoms with van der Waals surface area (Å²) in [6.07, 6.45) is 3.68. The van der Waals surface area contributed by atoms with E-state index in [9.17, 15) is 9.59 Å². The second-order valence-corrected chi connectivity index (χ2v) is 8.18. The molecule has 8 nitrogen and oxygen atoms in total. The number of nitrogens with zero attached hydrogens (tertiary/aromatic N) is 4. The van der Waals surface area contributed by atoms with E-state index in [1.165, 1.54) is 0 Å². The van der Waals surface area contributed by atoms with Crippen LogP contribution in [0.5, 0.6) is 0 Å². The van der Waals surface area contributed by atoms with Gasteiger partial charge >= 0.3 is 0 Å². The van der Waals surface area contributed by atoms with Crippen LogP contribution in [0.25, 0.3) is 11.0 Å². The number of aryl methyl sites for hydroxylation is 1. The van der Waals surface area contributed by atoms with E-state index in [1.807, 2.05) is 24.4 Å². The van der Waals surface area contributed by atoms with Crippen molar-refractivity contribution >= 4 is 22.6 Å². The van der Waals surface area contributed by atoms with Gasteiger partial charge in [-0.3, -0.25) is 19.5 Å². The summed E-state index contributed by atoms with van der Waals surface area (Å²) < 4.78 is 0. The Hall–Kier alpha value is -3.26. The zero-order chi connectivity index (χ0) is 22.1. The first-order valence-corrected chi connectivity index (χ1v) is 10.6. The number of aromatic nitrogens is 3. The third-order valence-electron chi connectivity index (χ3n) is 6.13. The maximum Gasteiger partial charge on any atom is 0.269 e. The zero-order valence-corrected chi connectivity index (χ0v) is 18.3. The fourth-order valence-corrected chi connectivity index (χ4v) is 4.18. The molecular formula is C23H28N6O2. The van der Waals surface area contributed by atoms with Crippen LogP contribution in [0.3, 0.4) is 0 Å². The summed E-state index contributed by atoms with van der Waals surface area (Å²) >= 11 is 0. The summed E-state index contributed by atoms with van der Waals surface area (Å²) in [6.45, 7) is 8.82. The van der Waals surface area contributed by atoms with E-state index in [0.29, 0.717) is 17.3 Å². The van der Waals surface area contributed by atoms with Crippen molar-refractivity contribution in [3.63, 3.8) is 0 Å². The standard InChI is InChI=1S/C23H28N6O2/c1-14-9-20-21(27-22(14)30)10-17(11-25-20)16(3)28-7-8-29(15(2)13-28)18-5-6-19(26-12-18)23(31)24-4/h5-6,9-12,15-16H,7-8,13H2,1-4H3,(H,24,31)(H,27,30)/t15-,16-/m1/s1. The van der Waals surface area contributed by atoms with Gasteiger partial charge in [-0.25, -0.2) is 4.98 Å². The van der Waals surface area contributed by atoms with Crippen molar-refractivity contribution in [2.24, 2.45) is 0 Å². The first kappa shape index (κ1) is 21.0. The number of nitrogens with one attached hydrogen (secondary N) is 2. The molecule has 0 saturated carbocycles. The van der Waals surface area contributed by atoms with Crippen LogP contribution in [0.4, 0.5) is 5.69 Å². The molecule has 0 aliphatic carbocycles. The number of fused-ring (bicyclic) bond motifs is 1. The van der Waals surface area contributed by atoms with Crippen LogP contribution in [-0.4, -0.2) is 58.5 Å². The van der Waals surface area contributed by atoms with Crippen molar-refractivity contribution in [3.05, 3.63) is 63.8 Å². The lowest BCUT2D eigenvalue weighted by atomic mass is 10.0. The Kier molecular flexibility index (Phi) is 5.73. The van der Waals surface area contributed by atoms with Crippen molar-refractivity contribution in [1.82, 2.24) is 25.2 Å². The summed E-state index contributed by atoms with van der Waals surface area (Å²) in [5.41, 5.74) is 4.70. The predicted octanol–water partition coefficient (Wildman–Crippen LogP) is 2.26. The van der Waals surface area contributed by atoms with Gasteiger partial charge < -0.3 is 15.2 Å². The molecular weight excluding hydrogens is 392 g/mol. The first-order valence-electron chi connectivity index (χ1n) is 10.6. The molecule has 0 spiro atoms. The largest absolute Gasteiger partial charge is 0.365 e. The van der Waals surface area contributed by atoms with E-state index < -0.39 is 0 Å². The van der Waals surface area contributed by atoms with E-state index in [2.05, 4.69) is 43.9 Å². The molecule has 3 aromatic rings. The van der Waals surface area contributed by atoms with E-state index in [-0.39, 0.29) is 17.5 Å². The Morgan fingerprint density at radius 2 is 2.03 bits per heavy atom. The van der Waals surface area contributed by atoms with Gasteiger partial charge in [0.15, 0.2) is 0 Å². The molecule has 3 aromatic heterocycles. The molecule has 1 aliphatic rings. The fourth-order valence-electron chi connectivity index (χ4n) is 4.18. The lowest BCUT2D eigenvalue weighted by molar-refractivity contribution is 0.0958. The molecule has 162 valence electrons. The smallest absolute Gasteiger partial charge is 0.269 e. The molecule has 1 fully saturated rings. The van der Waals surface area contributed by atoms with E-state index in [1.54, 1.807) is 26.2 Å². The quantitative estimate of drug-likeness (QED) is 0.672. The number of rotatable bonds is 4. The number of anilines is 1. The summed E-state index contributed by atoms with van der Waals surface area (Å²) in [5, 5.41) is 2.59. The number of carbonyl (C=O) groups excluding carboxylic acids is 1. The molecule has 0 bridgehead atoms. The Bertz CT molecular complexity index is 1160. The van der Waals surface area contributed by atoms with E-state index in [0.717, 1.165) is 41.9 Å². The van der Waals surface area contributed by atoms with Crippen molar-refractivity contribution < 1.29 is 4.79 Å². The summed E-state index contributed by atoms with van der Waals surface area (Å²) in [4.78, 5) is 40.2. The molecule has 0 unspecified atom stereocenters. The van der Waals surface area contributed by atoms with Crippen molar-refractivity contribution in [1.29, 1.82) is 0 Å². The maximum absolute atomic E-state index is 12.0. The van der Waals surface area contributed by atoms with Crippen molar-refractivity contribution in [2.45, 2.75) is 32.9 Å². The average Bonchev–Trinajstić information content (AvgIpc) is 2.78. The van der Waals surface area contributed by atoms with Crippen LogP contribution in [-0.2, 0) is 0 Å². The van der Waals surface area contributed by atoms with Gasteiger partial charge in [-0.15, -0.1) is 0 Å². The monoisotopic (exact) mass is 420 g/mol. The Morgan fingerprint density at radius 1 is 1.23 bits per heavy atom. The van der Waals surface area contributed by atoms with Gasteiger partial charge in [-0.2, -0.15) is 0 Å². The van der Waals surface area contributed by atoms with Gasteiger partial charge in [0.1, 0.15) is 5.69 Å². The van der Waals surface area contributed by atoms with Crippen LogP contribution in [0, 0.1) is 6.92 Å². The maximum atomic E-state index is 12.0. The molecule has 1 aliphatic heterocycles. The Morgan fingerprint density at radius 3 is 2.71 bits per heavy atom. The van der Waals surface area contributed by atoms with Crippen molar-refractivity contribution in [2.75, 3.05) is 31.6 Å². The van der Waals surface area contributed by atoms with Gasteiger partial charge in [0.2, 0.25) is 0 Å². The Balaban J connectivity index is 1.48. The van der Waals surface area contributed by atoms with E-state index >= 15 is 0 Å². The molecule has 0 aromatic carbocycles. The third-order valence-corrected chi connectivity index (χ3v) is 6.13. The number of aromatic amines is 1. The Labute approximate surface area is 181 Å². The minimum atomic E-state index is -0.182.